The summed E-state index contributed by atoms with van der Waals surface area (Å²) in [7, 11) is 0. The zero-order valence-electron chi connectivity index (χ0n) is 31.8. The number of esters is 2. The van der Waals surface area contributed by atoms with E-state index >= 15 is 0 Å². The Morgan fingerprint density at radius 2 is 1.72 bits per heavy atom. The average Bonchev–Trinajstić information content (AvgIpc) is 3.65. The van der Waals surface area contributed by atoms with Crippen LogP contribution in [0.1, 0.15) is 117 Å². The van der Waals surface area contributed by atoms with Crippen molar-refractivity contribution >= 4 is 46.3 Å². The number of fused-ring (bicyclic) bond motifs is 4. The van der Waals surface area contributed by atoms with Crippen LogP contribution in [0.15, 0.2) is 24.3 Å². The van der Waals surface area contributed by atoms with Crippen LogP contribution in [0.3, 0.4) is 0 Å². The van der Waals surface area contributed by atoms with Crippen LogP contribution in [-0.4, -0.2) is 95.0 Å². The summed E-state index contributed by atoms with van der Waals surface area (Å²) in [6.07, 6.45) is 4.97. The molecule has 3 saturated heterocycles. The topological polar surface area (TPSA) is 162 Å². The highest BCUT2D eigenvalue weighted by molar-refractivity contribution is 14.1. The molecule has 0 spiro atoms. The molecule has 1 saturated carbocycles. The van der Waals surface area contributed by atoms with E-state index in [1.165, 1.54) is 0 Å². The molecule has 0 radical (unpaired) electrons. The molecule has 4 fully saturated rings. The first-order chi connectivity index (χ1) is 25.3. The van der Waals surface area contributed by atoms with Crippen LogP contribution < -0.4 is 10.6 Å². The predicted octanol–water partition coefficient (Wildman–Crippen LogP) is 4.84. The van der Waals surface area contributed by atoms with Crippen molar-refractivity contribution in [1.82, 2.24) is 15.7 Å². The normalized spacial score (nSPS) is 27.8. The average molecular weight is 856 g/mol. The molecule has 1 aromatic carbocycles. The van der Waals surface area contributed by atoms with Crippen molar-refractivity contribution in [3.8, 4) is 0 Å². The summed E-state index contributed by atoms with van der Waals surface area (Å²) >= 11 is 2.25. The highest BCUT2D eigenvalue weighted by atomic mass is 127. The van der Waals surface area contributed by atoms with Crippen molar-refractivity contribution in [3.05, 3.63) is 33.4 Å². The molecule has 296 valence electrons. The van der Waals surface area contributed by atoms with Gasteiger partial charge in [-0.2, -0.15) is 5.06 Å². The number of carbonyl (C=O) groups is 4. The van der Waals surface area contributed by atoms with Gasteiger partial charge in [0.1, 0.15) is 35.4 Å². The van der Waals surface area contributed by atoms with Gasteiger partial charge in [-0.1, -0.05) is 57.7 Å². The van der Waals surface area contributed by atoms with Crippen molar-refractivity contribution in [3.63, 3.8) is 0 Å². The number of rotatable bonds is 19. The Hall–Kier alpha value is -2.37. The lowest BCUT2D eigenvalue weighted by Crippen LogP contribution is -2.69. The van der Waals surface area contributed by atoms with Gasteiger partial charge in [-0.05, 0) is 74.3 Å². The fourth-order valence-electron chi connectivity index (χ4n) is 8.14. The number of hydrogen-bond donors (Lipinski definition) is 3. The third-order valence-electron chi connectivity index (χ3n) is 10.6. The van der Waals surface area contributed by atoms with Crippen LogP contribution >= 0.6 is 22.6 Å². The third kappa shape index (κ3) is 9.72. The highest BCUT2D eigenvalue weighted by Crippen LogP contribution is 2.58. The number of halogens is 1. The largest absolute Gasteiger partial charge is 0.460 e. The number of unbranched alkanes of at least 4 members (excludes halogenated alkanes) is 4. The predicted molar refractivity (Wildman–Crippen MR) is 203 cm³/mol. The summed E-state index contributed by atoms with van der Waals surface area (Å²) in [5.41, 5.74) is -1.05. The summed E-state index contributed by atoms with van der Waals surface area (Å²) in [6, 6.07) is 6.11. The molecule has 13 nitrogen and oxygen atoms in total. The van der Waals surface area contributed by atoms with E-state index in [2.05, 4.69) is 47.1 Å². The minimum atomic E-state index is -1.36. The maximum Gasteiger partial charge on any atom is 0.327 e. The molecule has 7 atom stereocenters. The van der Waals surface area contributed by atoms with Crippen LogP contribution in [0.2, 0.25) is 0 Å². The second-order valence-electron chi connectivity index (χ2n) is 15.9. The number of hydrogen-bond acceptors (Lipinski definition) is 11. The molecule has 3 N–H and O–H groups in total. The summed E-state index contributed by atoms with van der Waals surface area (Å²) in [6.45, 7) is 9.51. The van der Waals surface area contributed by atoms with E-state index in [-0.39, 0.29) is 45.4 Å². The smallest absolute Gasteiger partial charge is 0.327 e. The zero-order chi connectivity index (χ0) is 38.4. The Balaban J connectivity index is 1.34. The van der Waals surface area contributed by atoms with E-state index in [4.69, 9.17) is 23.8 Å². The van der Waals surface area contributed by atoms with Crippen molar-refractivity contribution < 1.29 is 48.1 Å². The van der Waals surface area contributed by atoms with E-state index in [0.29, 0.717) is 12.8 Å². The van der Waals surface area contributed by atoms with Gasteiger partial charge in [-0.15, -0.1) is 0 Å². The number of aliphatic hydroxyl groups is 1. The number of carbonyl (C=O) groups excluding carboxylic acids is 4. The molecule has 14 heteroatoms. The molecule has 5 rings (SSSR count). The van der Waals surface area contributed by atoms with Gasteiger partial charge in [0, 0.05) is 42.2 Å². The van der Waals surface area contributed by atoms with Gasteiger partial charge in [0.05, 0.1) is 19.2 Å². The fraction of sp³-hybridized carbons (Fsp3) is 0.744. The van der Waals surface area contributed by atoms with Gasteiger partial charge in [-0.25, -0.2) is 0 Å². The minimum absolute atomic E-state index is 0.0181. The standard InChI is InChI=1S/C39H58IN3O10/c1-6-8-12-19-38(20-13-9-7-2)51-31-28-22-39(36(48)41-21-18-29(45)42-26(24-44)16-17-30(46)50-37(3,4)5)33(35(47)49-28)43(53-34(39)32(31)52-38)23-25-14-10-11-15-27(25)40/h10-11,14-15,26,28,31-34,44H,6-9,12-13,16-24H2,1-5H3,(H,41,48)(H,42,45)/t26-,28+,31-,32-,33+,34+,39+/m0/s1. The fourth-order valence-corrected chi connectivity index (χ4v) is 8.70. The van der Waals surface area contributed by atoms with Crippen molar-refractivity contribution in [2.24, 2.45) is 5.41 Å². The molecule has 1 aromatic rings. The molecule has 3 aliphatic heterocycles. The number of aliphatic hydroxyl groups excluding tert-OH is 1. The van der Waals surface area contributed by atoms with E-state index in [0.717, 1.165) is 47.7 Å². The van der Waals surface area contributed by atoms with Gasteiger partial charge < -0.3 is 34.7 Å². The first kappa shape index (κ1) is 41.8. The van der Waals surface area contributed by atoms with Gasteiger partial charge >= 0.3 is 11.9 Å². The van der Waals surface area contributed by atoms with Crippen LogP contribution in [0, 0.1) is 8.99 Å². The highest BCUT2D eigenvalue weighted by Gasteiger charge is 2.76. The maximum absolute atomic E-state index is 14.6. The van der Waals surface area contributed by atoms with Gasteiger partial charge in [0.15, 0.2) is 11.8 Å². The molecule has 2 bridgehead atoms. The van der Waals surface area contributed by atoms with Crippen LogP contribution in [0.4, 0.5) is 0 Å². The molecular formula is C39H58IN3O10. The number of amides is 2. The van der Waals surface area contributed by atoms with E-state index < -0.39 is 77.1 Å². The molecule has 2 amide bonds. The van der Waals surface area contributed by atoms with E-state index in [1.54, 1.807) is 25.8 Å². The lowest BCUT2D eigenvalue weighted by molar-refractivity contribution is -0.224. The molecule has 53 heavy (non-hydrogen) atoms. The molecule has 0 unspecified atom stereocenters. The third-order valence-corrected chi connectivity index (χ3v) is 11.7. The van der Waals surface area contributed by atoms with Crippen LogP contribution in [0.25, 0.3) is 0 Å². The second-order valence-corrected chi connectivity index (χ2v) is 17.0. The Morgan fingerprint density at radius 3 is 2.36 bits per heavy atom. The Bertz CT molecular complexity index is 1440. The molecule has 3 heterocycles. The number of nitrogens with zero attached hydrogens (tertiary/aromatic N) is 1. The summed E-state index contributed by atoms with van der Waals surface area (Å²) < 4.78 is 26.2. The van der Waals surface area contributed by atoms with Gasteiger partial charge in [0.25, 0.3) is 0 Å². The van der Waals surface area contributed by atoms with Crippen LogP contribution in [0.5, 0.6) is 0 Å². The SMILES string of the molecule is CCCCCC1(CCCCC)O[C@@H]2[C@H](O1)[C@H]1ON(Cc3ccccc3I)[C@@H]3C(=O)O[C@@H]2C[C@]13C(=O)NCCC(=O)N[C@H](CO)CCC(=O)OC(C)(C)C. The summed E-state index contributed by atoms with van der Waals surface area (Å²) in [5, 5.41) is 17.1. The Kier molecular flexibility index (Phi) is 14.2. The van der Waals surface area contributed by atoms with Crippen molar-refractivity contribution in [2.75, 3.05) is 13.2 Å². The van der Waals surface area contributed by atoms with E-state index in [9.17, 15) is 24.3 Å². The maximum atomic E-state index is 14.6. The lowest BCUT2D eigenvalue weighted by atomic mass is 9.62. The minimum Gasteiger partial charge on any atom is -0.460 e. The van der Waals surface area contributed by atoms with Gasteiger partial charge in [0.2, 0.25) is 11.8 Å². The van der Waals surface area contributed by atoms with Gasteiger partial charge in [-0.3, -0.25) is 24.0 Å². The second kappa shape index (κ2) is 18.1. The molecular weight excluding hydrogens is 797 g/mol. The molecule has 1 aliphatic carbocycles. The molecule has 4 aliphatic rings. The first-order valence-electron chi connectivity index (χ1n) is 19.4. The lowest BCUT2D eigenvalue weighted by Gasteiger charge is -2.48. The zero-order valence-corrected chi connectivity index (χ0v) is 34.0. The van der Waals surface area contributed by atoms with Crippen LogP contribution in [-0.2, 0) is 49.5 Å². The number of hydroxylamine groups is 2. The van der Waals surface area contributed by atoms with E-state index in [1.807, 2.05) is 24.3 Å². The Labute approximate surface area is 327 Å². The quantitative estimate of drug-likeness (QED) is 0.0993. The van der Waals surface area contributed by atoms with Crippen molar-refractivity contribution in [2.45, 2.75) is 166 Å². The monoisotopic (exact) mass is 855 g/mol. The Morgan fingerprint density at radius 1 is 1.04 bits per heavy atom. The summed E-state index contributed by atoms with van der Waals surface area (Å²) in [4.78, 5) is 60.4. The van der Waals surface area contributed by atoms with Crippen molar-refractivity contribution in [1.29, 1.82) is 0 Å². The first-order valence-corrected chi connectivity index (χ1v) is 20.5. The number of benzene rings is 1. The number of nitrogens with one attached hydrogen (secondary N) is 2. The summed E-state index contributed by atoms with van der Waals surface area (Å²) in [5.74, 6) is -2.64. The molecule has 0 aromatic heterocycles. The number of ether oxygens (including phenoxy) is 4.